The third-order valence-corrected chi connectivity index (χ3v) is 15.0. The van der Waals surface area contributed by atoms with Gasteiger partial charge in [-0.05, 0) is 86.2 Å². The standard InChI is InChI=1S/C55H89N11O14S/c1-10-33(8)45(64-49(73)40(29-68)63-51(75)44(56)32(6)7)52(76)57-27-43(69)58-36(24-30(2)3)47(71)62-39(28-67)48(72)61-38(26-34-16-12-11-13-17-34)54(78)65-21-14-18-41(65)50(74)59-35(20-23-81-9)46(70)60-37(25-31(4)5)53(77)66-22-15-19-42(66)55(79)80/h11-13,16-17,30-33,35-42,44-45,67-68H,10,14-15,18-29,56H2,1-9H3,(H,57,76)(H,58,69)(H,59,74)(H,60,70)(H,61,72)(H,62,71)(H,63,75)(H,64,73)(H,79,80)/t33-,35-,36-,37-,38-,39-,40-,41-,42-,44-,45-/m0/s1. The summed E-state index contributed by atoms with van der Waals surface area (Å²) in [5.41, 5.74) is 6.51. The first kappa shape index (κ1) is 68.9. The molecule has 10 amide bonds. The second-order valence-corrected chi connectivity index (χ2v) is 23.1. The van der Waals surface area contributed by atoms with E-state index in [2.05, 4.69) is 42.5 Å². The molecule has 1 aromatic carbocycles. The minimum absolute atomic E-state index is 0.0430. The molecule has 2 aliphatic rings. The number of aliphatic carboxylic acids is 1. The fourth-order valence-corrected chi connectivity index (χ4v) is 9.93. The summed E-state index contributed by atoms with van der Waals surface area (Å²) < 4.78 is 0. The van der Waals surface area contributed by atoms with Crippen LogP contribution in [0, 0.1) is 23.7 Å². The van der Waals surface area contributed by atoms with Gasteiger partial charge in [-0.25, -0.2) is 4.79 Å². The van der Waals surface area contributed by atoms with Crippen LogP contribution in [0.4, 0.5) is 0 Å². The van der Waals surface area contributed by atoms with Crippen molar-refractivity contribution in [3.8, 4) is 0 Å². The maximum atomic E-state index is 14.7. The molecule has 0 aliphatic carbocycles. The van der Waals surface area contributed by atoms with Crippen molar-refractivity contribution in [1.82, 2.24) is 52.3 Å². The van der Waals surface area contributed by atoms with E-state index in [4.69, 9.17) is 5.73 Å². The number of benzene rings is 1. The Bertz CT molecular complexity index is 2310. The highest BCUT2D eigenvalue weighted by Crippen LogP contribution is 2.23. The molecule has 2 saturated heterocycles. The van der Waals surface area contributed by atoms with E-state index in [9.17, 15) is 68.1 Å². The van der Waals surface area contributed by atoms with E-state index in [1.165, 1.54) is 21.6 Å². The van der Waals surface area contributed by atoms with Crippen molar-refractivity contribution in [2.75, 3.05) is 44.9 Å². The maximum absolute atomic E-state index is 14.7. The first-order chi connectivity index (χ1) is 38.3. The van der Waals surface area contributed by atoms with Gasteiger partial charge in [0, 0.05) is 19.5 Å². The summed E-state index contributed by atoms with van der Waals surface area (Å²) in [6.45, 7) is 12.1. The quantitative estimate of drug-likeness (QED) is 0.0388. The van der Waals surface area contributed by atoms with Gasteiger partial charge in [0.2, 0.25) is 59.1 Å². The molecule has 81 heavy (non-hydrogen) atoms. The minimum Gasteiger partial charge on any atom is -0.480 e. The molecule has 0 saturated carbocycles. The molecule has 0 radical (unpaired) electrons. The Balaban J connectivity index is 1.78. The molecule has 3 rings (SSSR count). The van der Waals surface area contributed by atoms with Crippen LogP contribution in [0.15, 0.2) is 30.3 Å². The van der Waals surface area contributed by atoms with Gasteiger partial charge < -0.3 is 73.4 Å². The molecule has 454 valence electrons. The lowest BCUT2D eigenvalue weighted by molar-refractivity contribution is -0.149. The monoisotopic (exact) mass is 1160 g/mol. The van der Waals surface area contributed by atoms with Crippen LogP contribution in [0.2, 0.25) is 0 Å². The Morgan fingerprint density at radius 2 is 1.11 bits per heavy atom. The first-order valence-corrected chi connectivity index (χ1v) is 29.4. The number of nitrogens with zero attached hydrogens (tertiary/aromatic N) is 2. The van der Waals surface area contributed by atoms with Gasteiger partial charge in [-0.2, -0.15) is 11.8 Å². The van der Waals surface area contributed by atoms with Crippen molar-refractivity contribution in [2.24, 2.45) is 29.4 Å². The third kappa shape index (κ3) is 21.5. The smallest absolute Gasteiger partial charge is 0.326 e. The number of aliphatic hydroxyl groups excluding tert-OH is 2. The highest BCUT2D eigenvalue weighted by molar-refractivity contribution is 7.98. The summed E-state index contributed by atoms with van der Waals surface area (Å²) in [4.78, 5) is 152. The maximum Gasteiger partial charge on any atom is 0.326 e. The Morgan fingerprint density at radius 1 is 0.617 bits per heavy atom. The minimum atomic E-state index is -1.65. The van der Waals surface area contributed by atoms with Crippen LogP contribution in [0.1, 0.15) is 112 Å². The van der Waals surface area contributed by atoms with Crippen LogP contribution in [-0.4, -0.2) is 195 Å². The van der Waals surface area contributed by atoms with Gasteiger partial charge >= 0.3 is 5.97 Å². The fraction of sp³-hybridized carbons (Fsp3) is 0.691. The molecular weight excluding hydrogens is 1070 g/mol. The average molecular weight is 1160 g/mol. The number of carboxylic acids is 1. The molecule has 2 aliphatic heterocycles. The van der Waals surface area contributed by atoms with Crippen molar-refractivity contribution in [3.05, 3.63) is 35.9 Å². The predicted octanol–water partition coefficient (Wildman–Crippen LogP) is -1.34. The summed E-state index contributed by atoms with van der Waals surface area (Å²) in [5.74, 6) is -9.16. The van der Waals surface area contributed by atoms with Gasteiger partial charge in [0.25, 0.3) is 0 Å². The zero-order valence-corrected chi connectivity index (χ0v) is 49.1. The molecule has 26 heteroatoms. The number of nitrogens with two attached hydrogens (primary N) is 1. The van der Waals surface area contributed by atoms with E-state index in [1.54, 1.807) is 71.9 Å². The number of carboxylic acid groups (broad SMARTS) is 1. The van der Waals surface area contributed by atoms with Crippen molar-refractivity contribution in [1.29, 1.82) is 0 Å². The molecule has 0 spiro atoms. The summed E-state index contributed by atoms with van der Waals surface area (Å²) >= 11 is 1.43. The molecule has 13 N–H and O–H groups in total. The topological polar surface area (TPSA) is 377 Å². The number of hydrogen-bond acceptors (Lipinski definition) is 15. The van der Waals surface area contributed by atoms with Gasteiger partial charge in [-0.1, -0.05) is 92.1 Å². The van der Waals surface area contributed by atoms with Crippen molar-refractivity contribution >= 4 is 76.8 Å². The Hall–Kier alpha value is -6.38. The van der Waals surface area contributed by atoms with Gasteiger partial charge in [-0.15, -0.1) is 0 Å². The summed E-state index contributed by atoms with van der Waals surface area (Å²) in [6, 6.07) is -3.52. The molecule has 1 aromatic rings. The van der Waals surface area contributed by atoms with E-state index in [-0.39, 0.29) is 69.4 Å². The lowest BCUT2D eigenvalue weighted by Crippen LogP contribution is -2.61. The number of aliphatic hydroxyl groups is 2. The largest absolute Gasteiger partial charge is 0.480 e. The van der Waals surface area contributed by atoms with Crippen molar-refractivity contribution < 1.29 is 68.1 Å². The zero-order chi connectivity index (χ0) is 60.7. The van der Waals surface area contributed by atoms with Crippen LogP contribution in [0.5, 0.6) is 0 Å². The lowest BCUT2D eigenvalue weighted by Gasteiger charge is -2.31. The highest BCUT2D eigenvalue weighted by atomic mass is 32.2. The van der Waals surface area contributed by atoms with Gasteiger partial charge in [-0.3, -0.25) is 47.9 Å². The summed E-state index contributed by atoms with van der Waals surface area (Å²) in [7, 11) is 0. The zero-order valence-electron chi connectivity index (χ0n) is 48.3. The number of carbonyl (C=O) groups is 11. The number of carbonyl (C=O) groups excluding carboxylic acids is 10. The normalized spacial score (nSPS) is 18.5. The van der Waals surface area contributed by atoms with E-state index in [0.717, 1.165) is 0 Å². The summed E-state index contributed by atoms with van der Waals surface area (Å²) in [5, 5.41) is 50.9. The van der Waals surface area contributed by atoms with Crippen LogP contribution in [0.3, 0.4) is 0 Å². The van der Waals surface area contributed by atoms with Crippen LogP contribution >= 0.6 is 11.8 Å². The Labute approximate surface area is 479 Å². The molecule has 11 atom stereocenters. The van der Waals surface area contributed by atoms with E-state index in [1.807, 2.05) is 20.1 Å². The van der Waals surface area contributed by atoms with Gasteiger partial charge in [0.15, 0.2) is 0 Å². The van der Waals surface area contributed by atoms with Crippen molar-refractivity contribution in [3.63, 3.8) is 0 Å². The molecule has 0 aromatic heterocycles. The molecule has 25 nitrogen and oxygen atoms in total. The Morgan fingerprint density at radius 3 is 1.65 bits per heavy atom. The SMILES string of the molecule is CC[C@H](C)[C@H](NC(=O)[C@H](CO)NC(=O)[C@@H](N)C(C)C)C(=O)NCC(=O)N[C@@H](CC(C)C)C(=O)N[C@@H](CO)C(=O)N[C@@H](Cc1ccccc1)C(=O)N1CCC[C@H]1C(=O)N[C@@H](CCSC)C(=O)N[C@@H](CC(C)C)C(=O)N1CCC[C@H]1C(=O)O. The number of likely N-dealkylation sites (tertiary alicyclic amines) is 2. The van der Waals surface area contributed by atoms with Crippen LogP contribution in [-0.2, 0) is 59.2 Å². The average Bonchev–Trinajstić information content (AvgIpc) is 4.17. The third-order valence-electron chi connectivity index (χ3n) is 14.3. The molecular formula is C55H89N11O14S. The van der Waals surface area contributed by atoms with Gasteiger partial charge in [0.1, 0.15) is 54.4 Å². The predicted molar refractivity (Wildman–Crippen MR) is 302 cm³/mol. The van der Waals surface area contributed by atoms with E-state index in [0.29, 0.717) is 30.6 Å². The second kappa shape index (κ2) is 34.2. The van der Waals surface area contributed by atoms with Crippen molar-refractivity contribution in [2.45, 2.75) is 174 Å². The highest BCUT2D eigenvalue weighted by Gasteiger charge is 2.42. The lowest BCUT2D eigenvalue weighted by atomic mass is 9.97. The van der Waals surface area contributed by atoms with E-state index >= 15 is 0 Å². The molecule has 0 unspecified atom stereocenters. The number of nitrogens with one attached hydrogen (secondary N) is 8. The Kier molecular flexibility index (Phi) is 29.0. The number of amides is 10. The van der Waals surface area contributed by atoms with E-state index < -0.39 is 151 Å². The van der Waals surface area contributed by atoms with Gasteiger partial charge in [0.05, 0.1) is 25.8 Å². The first-order valence-electron chi connectivity index (χ1n) is 28.0. The summed E-state index contributed by atoms with van der Waals surface area (Å²) in [6.07, 6.45) is 3.95. The second-order valence-electron chi connectivity index (χ2n) is 22.1. The molecule has 2 heterocycles. The number of hydrogen-bond donors (Lipinski definition) is 12. The molecule has 0 bridgehead atoms. The van der Waals surface area contributed by atoms with Crippen LogP contribution in [0.25, 0.3) is 0 Å². The molecule has 2 fully saturated rings. The number of thioether (sulfide) groups is 1. The van der Waals surface area contributed by atoms with Crippen LogP contribution < -0.4 is 48.3 Å². The number of rotatable bonds is 33. The fourth-order valence-electron chi connectivity index (χ4n) is 9.46.